The number of thiophene rings is 1. The first-order valence-corrected chi connectivity index (χ1v) is 11.8. The minimum absolute atomic E-state index is 0.0801. The Morgan fingerprint density at radius 1 is 1.43 bits per heavy atom. The van der Waals surface area contributed by atoms with Gasteiger partial charge < -0.3 is 10.1 Å². The third-order valence-corrected chi connectivity index (χ3v) is 7.22. The van der Waals surface area contributed by atoms with E-state index in [0.29, 0.717) is 6.54 Å². The number of aryl methyl sites for hydroxylation is 2. The van der Waals surface area contributed by atoms with Gasteiger partial charge in [0, 0.05) is 13.7 Å². The minimum Gasteiger partial charge on any atom is -0.376 e. The van der Waals surface area contributed by atoms with Crippen LogP contribution in [0.25, 0.3) is 10.7 Å². The van der Waals surface area contributed by atoms with E-state index < -0.39 is 0 Å². The Balaban J connectivity index is 1.53. The van der Waals surface area contributed by atoms with Crippen molar-refractivity contribution >= 4 is 34.7 Å². The highest BCUT2D eigenvalue weighted by Gasteiger charge is 2.25. The van der Waals surface area contributed by atoms with E-state index in [2.05, 4.69) is 25.2 Å². The van der Waals surface area contributed by atoms with E-state index in [1.807, 2.05) is 45.3 Å². The highest BCUT2D eigenvalue weighted by molar-refractivity contribution is 8.00. The van der Waals surface area contributed by atoms with Crippen LogP contribution in [0.15, 0.2) is 22.7 Å². The van der Waals surface area contributed by atoms with E-state index in [1.54, 1.807) is 16.0 Å². The van der Waals surface area contributed by atoms with Crippen molar-refractivity contribution in [2.75, 3.05) is 11.9 Å². The number of hydrogen-bond donors (Lipinski definition) is 1. The molecule has 3 aromatic heterocycles. The Kier molecular flexibility index (Phi) is 6.26. The normalized spacial score (nSPS) is 17.4. The average molecular weight is 447 g/mol. The van der Waals surface area contributed by atoms with Crippen LogP contribution in [-0.2, 0) is 23.1 Å². The van der Waals surface area contributed by atoms with Crippen LogP contribution in [0, 0.1) is 13.8 Å². The molecule has 1 aliphatic rings. The predicted octanol–water partition coefficient (Wildman–Crippen LogP) is 3.66. The molecule has 1 saturated heterocycles. The molecule has 4 heterocycles. The van der Waals surface area contributed by atoms with Crippen molar-refractivity contribution in [3.8, 4) is 10.7 Å². The lowest BCUT2D eigenvalue weighted by Crippen LogP contribution is -2.24. The number of nitrogens with zero attached hydrogens (tertiary/aromatic N) is 5. The first-order valence-electron chi connectivity index (χ1n) is 10.0. The topological polar surface area (TPSA) is 86.9 Å². The van der Waals surface area contributed by atoms with Gasteiger partial charge in [0.2, 0.25) is 5.91 Å². The van der Waals surface area contributed by atoms with Crippen LogP contribution in [0.5, 0.6) is 0 Å². The lowest BCUT2D eigenvalue weighted by molar-refractivity contribution is -0.115. The van der Waals surface area contributed by atoms with Crippen LogP contribution in [-0.4, -0.2) is 48.4 Å². The molecule has 8 nitrogen and oxygen atoms in total. The van der Waals surface area contributed by atoms with Crippen molar-refractivity contribution in [3.63, 3.8) is 0 Å². The van der Waals surface area contributed by atoms with Crippen molar-refractivity contribution in [1.29, 1.82) is 0 Å². The van der Waals surface area contributed by atoms with Crippen LogP contribution < -0.4 is 5.32 Å². The Morgan fingerprint density at radius 3 is 2.90 bits per heavy atom. The van der Waals surface area contributed by atoms with Gasteiger partial charge in [0.05, 0.1) is 39.9 Å². The van der Waals surface area contributed by atoms with E-state index >= 15 is 0 Å². The third kappa shape index (κ3) is 4.30. The smallest absolute Gasteiger partial charge is 0.237 e. The van der Waals surface area contributed by atoms with Crippen molar-refractivity contribution in [1.82, 2.24) is 24.5 Å². The van der Waals surface area contributed by atoms with Gasteiger partial charge in [0.15, 0.2) is 11.0 Å². The second kappa shape index (κ2) is 8.91. The van der Waals surface area contributed by atoms with Gasteiger partial charge in [0.1, 0.15) is 0 Å². The molecular formula is C20H26N6O2S2. The predicted molar refractivity (Wildman–Crippen MR) is 119 cm³/mol. The van der Waals surface area contributed by atoms with Crippen LogP contribution in [0.1, 0.15) is 31.2 Å². The molecule has 0 aromatic carbocycles. The summed E-state index contributed by atoms with van der Waals surface area (Å²) in [5.41, 5.74) is 2.51. The molecule has 3 aromatic rings. The highest BCUT2D eigenvalue weighted by atomic mass is 32.2. The lowest BCUT2D eigenvalue weighted by atomic mass is 10.2. The molecule has 1 amide bonds. The number of carbonyl (C=O) groups excluding carboxylic acids is 1. The van der Waals surface area contributed by atoms with E-state index in [9.17, 15) is 4.79 Å². The molecule has 4 rings (SSSR count). The fourth-order valence-corrected chi connectivity index (χ4v) is 5.09. The molecule has 30 heavy (non-hydrogen) atoms. The summed E-state index contributed by atoms with van der Waals surface area (Å²) in [4.78, 5) is 13.9. The number of rotatable bonds is 7. The summed E-state index contributed by atoms with van der Waals surface area (Å²) in [5, 5.41) is 18.7. The number of nitrogens with one attached hydrogen (secondary N) is 1. The Bertz CT molecular complexity index is 1020. The zero-order valence-corrected chi connectivity index (χ0v) is 19.2. The first kappa shape index (κ1) is 21.1. The minimum atomic E-state index is -0.340. The second-order valence-corrected chi connectivity index (χ2v) is 9.70. The number of ether oxygens (including phenoxy) is 1. The largest absolute Gasteiger partial charge is 0.376 e. The monoisotopic (exact) mass is 446 g/mol. The van der Waals surface area contributed by atoms with Gasteiger partial charge in [-0.3, -0.25) is 14.0 Å². The summed E-state index contributed by atoms with van der Waals surface area (Å²) in [6, 6.07) is 4.05. The Morgan fingerprint density at radius 2 is 2.27 bits per heavy atom. The Labute approximate surface area is 184 Å². The second-order valence-electron chi connectivity index (χ2n) is 7.45. The van der Waals surface area contributed by atoms with Gasteiger partial charge in [0.25, 0.3) is 0 Å². The molecule has 10 heteroatoms. The van der Waals surface area contributed by atoms with Crippen molar-refractivity contribution in [2.24, 2.45) is 7.05 Å². The summed E-state index contributed by atoms with van der Waals surface area (Å²) >= 11 is 3.05. The average Bonchev–Trinajstić information content (AvgIpc) is 3.50. The third-order valence-electron chi connectivity index (χ3n) is 5.28. The molecule has 0 radical (unpaired) electrons. The number of amides is 1. The summed E-state index contributed by atoms with van der Waals surface area (Å²) in [6.45, 7) is 7.21. The van der Waals surface area contributed by atoms with Crippen molar-refractivity contribution in [3.05, 3.63) is 28.9 Å². The molecule has 2 atom stereocenters. The maximum atomic E-state index is 12.9. The van der Waals surface area contributed by atoms with Crippen LogP contribution in [0.4, 0.5) is 5.69 Å². The fraction of sp³-hybridized carbons (Fsp3) is 0.500. The quantitative estimate of drug-likeness (QED) is 0.558. The van der Waals surface area contributed by atoms with Gasteiger partial charge in [-0.2, -0.15) is 5.10 Å². The summed E-state index contributed by atoms with van der Waals surface area (Å²) in [5.74, 6) is 0.748. The Hall–Kier alpha value is -2.17. The number of anilines is 1. The molecule has 0 spiro atoms. The number of thioether (sulfide) groups is 1. The van der Waals surface area contributed by atoms with Gasteiger partial charge in [-0.15, -0.1) is 21.5 Å². The summed E-state index contributed by atoms with van der Waals surface area (Å²) in [6.07, 6.45) is 2.26. The standard InChI is InChI=1S/C20H26N6O2S2/c1-12-17(13(2)25(4)24-12)21-19(27)14(3)30-20-23-22-18(16-8-6-10-29-16)26(20)11-15-7-5-9-28-15/h6,8,10,14-15H,5,7,9,11H2,1-4H3,(H,21,27). The molecule has 1 N–H and O–H groups in total. The molecule has 0 aliphatic carbocycles. The number of carbonyl (C=O) groups is 1. The van der Waals surface area contributed by atoms with Crippen LogP contribution >= 0.6 is 23.1 Å². The van der Waals surface area contributed by atoms with Crippen molar-refractivity contribution in [2.45, 2.75) is 56.7 Å². The molecule has 0 bridgehead atoms. The van der Waals surface area contributed by atoms with Gasteiger partial charge in [-0.1, -0.05) is 17.8 Å². The van der Waals surface area contributed by atoms with E-state index in [4.69, 9.17) is 4.74 Å². The molecule has 2 unspecified atom stereocenters. The highest BCUT2D eigenvalue weighted by Crippen LogP contribution is 2.31. The number of hydrogen-bond acceptors (Lipinski definition) is 7. The van der Waals surface area contributed by atoms with E-state index in [1.165, 1.54) is 11.8 Å². The maximum absolute atomic E-state index is 12.9. The SMILES string of the molecule is Cc1nn(C)c(C)c1NC(=O)C(C)Sc1nnc(-c2cccs2)n1CC1CCCO1. The molecule has 1 fully saturated rings. The van der Waals surface area contributed by atoms with E-state index in [0.717, 1.165) is 52.4 Å². The first-order chi connectivity index (χ1) is 14.4. The van der Waals surface area contributed by atoms with Gasteiger partial charge >= 0.3 is 0 Å². The summed E-state index contributed by atoms with van der Waals surface area (Å²) < 4.78 is 9.71. The van der Waals surface area contributed by atoms with Crippen LogP contribution in [0.3, 0.4) is 0 Å². The van der Waals surface area contributed by atoms with E-state index in [-0.39, 0.29) is 17.3 Å². The molecule has 160 valence electrons. The zero-order valence-electron chi connectivity index (χ0n) is 17.6. The van der Waals surface area contributed by atoms with Gasteiger partial charge in [-0.25, -0.2) is 0 Å². The molecular weight excluding hydrogens is 420 g/mol. The molecule has 0 saturated carbocycles. The van der Waals surface area contributed by atoms with Crippen molar-refractivity contribution < 1.29 is 9.53 Å². The summed E-state index contributed by atoms with van der Waals surface area (Å²) in [7, 11) is 1.87. The lowest BCUT2D eigenvalue weighted by Gasteiger charge is -2.16. The molecule has 1 aliphatic heterocycles. The zero-order chi connectivity index (χ0) is 21.3. The number of aromatic nitrogens is 5. The fourth-order valence-electron chi connectivity index (χ4n) is 3.51. The maximum Gasteiger partial charge on any atom is 0.237 e. The van der Waals surface area contributed by atoms with Crippen LogP contribution in [0.2, 0.25) is 0 Å². The van der Waals surface area contributed by atoms with Gasteiger partial charge in [-0.05, 0) is 45.1 Å².